The Morgan fingerprint density at radius 2 is 1.85 bits per heavy atom. The van der Waals surface area contributed by atoms with Crippen molar-refractivity contribution in [2.45, 2.75) is 32.7 Å². The van der Waals surface area contributed by atoms with Crippen LogP contribution in [-0.2, 0) is 22.5 Å². The summed E-state index contributed by atoms with van der Waals surface area (Å²) in [5.41, 5.74) is 7.82. The number of aryl methyl sites for hydroxylation is 1. The number of nitrogens with two attached hydrogens (primary N) is 1. The monoisotopic (exact) mass is 276 g/mol. The molecule has 1 aliphatic rings. The fourth-order valence-corrected chi connectivity index (χ4v) is 2.55. The molecule has 0 unspecified atom stereocenters. The quantitative estimate of drug-likeness (QED) is 0.859. The van der Waals surface area contributed by atoms with Crippen LogP contribution < -0.4 is 11.1 Å². The Hall–Kier alpha value is -1.39. The van der Waals surface area contributed by atoms with Crippen LogP contribution in [-0.4, -0.2) is 25.7 Å². The summed E-state index contributed by atoms with van der Waals surface area (Å²) in [6, 6.07) is 8.35. The van der Waals surface area contributed by atoms with Crippen molar-refractivity contribution in [1.29, 1.82) is 0 Å². The average molecular weight is 276 g/mol. The first-order valence-corrected chi connectivity index (χ1v) is 7.34. The molecule has 1 aromatic carbocycles. The number of nitrogens with one attached hydrogen (secondary N) is 1. The summed E-state index contributed by atoms with van der Waals surface area (Å²) in [5, 5.41) is 3.02. The first-order chi connectivity index (χ1) is 9.70. The van der Waals surface area contributed by atoms with Gasteiger partial charge in [0, 0.05) is 26.3 Å². The fourth-order valence-electron chi connectivity index (χ4n) is 2.55. The lowest BCUT2D eigenvalue weighted by molar-refractivity contribution is -0.136. The maximum absolute atomic E-state index is 12.4. The van der Waals surface area contributed by atoms with Gasteiger partial charge < -0.3 is 15.8 Å². The molecule has 4 nitrogen and oxygen atoms in total. The molecule has 4 heteroatoms. The van der Waals surface area contributed by atoms with Gasteiger partial charge in [0.25, 0.3) is 0 Å². The summed E-state index contributed by atoms with van der Waals surface area (Å²) in [4.78, 5) is 12.4. The smallest absolute Gasteiger partial charge is 0.227 e. The van der Waals surface area contributed by atoms with E-state index >= 15 is 0 Å². The molecule has 0 radical (unpaired) electrons. The van der Waals surface area contributed by atoms with Crippen LogP contribution in [0.1, 0.15) is 30.9 Å². The third-order valence-electron chi connectivity index (χ3n) is 4.21. The van der Waals surface area contributed by atoms with E-state index in [9.17, 15) is 4.79 Å². The lowest BCUT2D eigenvalue weighted by Crippen LogP contribution is -2.48. The first kappa shape index (κ1) is 15.0. The summed E-state index contributed by atoms with van der Waals surface area (Å²) < 4.78 is 5.33. The van der Waals surface area contributed by atoms with Gasteiger partial charge in [-0.2, -0.15) is 0 Å². The lowest BCUT2D eigenvalue weighted by atomic mass is 9.79. The molecule has 1 fully saturated rings. The lowest BCUT2D eigenvalue weighted by Gasteiger charge is -2.34. The zero-order chi connectivity index (χ0) is 14.4. The van der Waals surface area contributed by atoms with Crippen molar-refractivity contribution in [1.82, 2.24) is 5.32 Å². The van der Waals surface area contributed by atoms with E-state index in [1.807, 2.05) is 0 Å². The number of carbonyl (C=O) groups excluding carboxylic acids is 1. The number of amides is 1. The van der Waals surface area contributed by atoms with Crippen molar-refractivity contribution in [3.05, 3.63) is 35.4 Å². The zero-order valence-corrected chi connectivity index (χ0v) is 12.2. The standard InChI is InChI=1S/C16H24N2O2/c1-2-13-3-5-14(6-4-13)11-18-15(19)16(12-17)7-9-20-10-8-16/h3-6H,2,7-12,17H2,1H3,(H,18,19). The molecule has 0 bridgehead atoms. The Labute approximate surface area is 120 Å². The number of carbonyl (C=O) groups is 1. The average Bonchev–Trinajstić information content (AvgIpc) is 2.53. The second-order valence-corrected chi connectivity index (χ2v) is 5.45. The van der Waals surface area contributed by atoms with Gasteiger partial charge in [-0.05, 0) is 30.4 Å². The molecular weight excluding hydrogens is 252 g/mol. The molecule has 0 saturated carbocycles. The van der Waals surface area contributed by atoms with E-state index in [1.165, 1.54) is 5.56 Å². The van der Waals surface area contributed by atoms with Gasteiger partial charge in [0.15, 0.2) is 0 Å². The highest BCUT2D eigenvalue weighted by molar-refractivity contribution is 5.83. The third kappa shape index (κ3) is 3.38. The van der Waals surface area contributed by atoms with Crippen LogP contribution in [0.5, 0.6) is 0 Å². The second kappa shape index (κ2) is 6.86. The van der Waals surface area contributed by atoms with Gasteiger partial charge in [0.2, 0.25) is 5.91 Å². The van der Waals surface area contributed by atoms with Crippen molar-refractivity contribution in [2.75, 3.05) is 19.8 Å². The predicted molar refractivity (Wildman–Crippen MR) is 79.2 cm³/mol. The van der Waals surface area contributed by atoms with Gasteiger partial charge in [-0.25, -0.2) is 0 Å². The molecular formula is C16H24N2O2. The molecule has 0 spiro atoms. The number of ether oxygens (including phenoxy) is 1. The normalized spacial score (nSPS) is 17.7. The molecule has 1 aromatic rings. The van der Waals surface area contributed by atoms with E-state index in [-0.39, 0.29) is 5.91 Å². The van der Waals surface area contributed by atoms with E-state index in [1.54, 1.807) is 0 Å². The Balaban J connectivity index is 1.93. The van der Waals surface area contributed by atoms with E-state index < -0.39 is 5.41 Å². The highest BCUT2D eigenvalue weighted by Crippen LogP contribution is 2.29. The maximum Gasteiger partial charge on any atom is 0.227 e. The van der Waals surface area contributed by atoms with Crippen molar-refractivity contribution >= 4 is 5.91 Å². The second-order valence-electron chi connectivity index (χ2n) is 5.45. The van der Waals surface area contributed by atoms with E-state index in [2.05, 4.69) is 36.5 Å². The molecule has 1 aliphatic heterocycles. The third-order valence-corrected chi connectivity index (χ3v) is 4.21. The van der Waals surface area contributed by atoms with Crippen LogP contribution in [0.2, 0.25) is 0 Å². The summed E-state index contributed by atoms with van der Waals surface area (Å²) in [5.74, 6) is 0.0582. The molecule has 1 heterocycles. The Morgan fingerprint density at radius 3 is 2.40 bits per heavy atom. The molecule has 110 valence electrons. The Morgan fingerprint density at radius 1 is 1.25 bits per heavy atom. The number of rotatable bonds is 5. The van der Waals surface area contributed by atoms with Gasteiger partial charge in [0.05, 0.1) is 5.41 Å². The van der Waals surface area contributed by atoms with Crippen LogP contribution in [0.4, 0.5) is 0 Å². The number of hydrogen-bond donors (Lipinski definition) is 2. The largest absolute Gasteiger partial charge is 0.381 e. The minimum absolute atomic E-state index is 0.0582. The molecule has 2 rings (SSSR count). The molecule has 0 aromatic heterocycles. The molecule has 0 atom stereocenters. The minimum atomic E-state index is -0.443. The molecule has 3 N–H and O–H groups in total. The fraction of sp³-hybridized carbons (Fsp3) is 0.562. The topological polar surface area (TPSA) is 64.4 Å². The van der Waals surface area contributed by atoms with Gasteiger partial charge in [-0.3, -0.25) is 4.79 Å². The highest BCUT2D eigenvalue weighted by atomic mass is 16.5. The van der Waals surface area contributed by atoms with Crippen LogP contribution in [0, 0.1) is 5.41 Å². The van der Waals surface area contributed by atoms with Crippen LogP contribution in [0.15, 0.2) is 24.3 Å². The van der Waals surface area contributed by atoms with Crippen molar-refractivity contribution in [2.24, 2.45) is 11.1 Å². The van der Waals surface area contributed by atoms with E-state index in [0.717, 1.165) is 12.0 Å². The Bertz CT molecular complexity index is 436. The molecule has 20 heavy (non-hydrogen) atoms. The SMILES string of the molecule is CCc1ccc(CNC(=O)C2(CN)CCOCC2)cc1. The summed E-state index contributed by atoms with van der Waals surface area (Å²) >= 11 is 0. The number of benzene rings is 1. The minimum Gasteiger partial charge on any atom is -0.381 e. The Kier molecular flexibility index (Phi) is 5.15. The van der Waals surface area contributed by atoms with Gasteiger partial charge in [-0.1, -0.05) is 31.2 Å². The van der Waals surface area contributed by atoms with Crippen molar-refractivity contribution in [3.8, 4) is 0 Å². The predicted octanol–water partition coefficient (Wildman–Crippen LogP) is 1.62. The molecule has 1 saturated heterocycles. The highest BCUT2D eigenvalue weighted by Gasteiger charge is 2.38. The van der Waals surface area contributed by atoms with Gasteiger partial charge in [0.1, 0.15) is 0 Å². The molecule has 0 aliphatic carbocycles. The van der Waals surface area contributed by atoms with E-state index in [0.29, 0.717) is 39.1 Å². The van der Waals surface area contributed by atoms with Crippen molar-refractivity contribution in [3.63, 3.8) is 0 Å². The van der Waals surface area contributed by atoms with E-state index in [4.69, 9.17) is 10.5 Å². The zero-order valence-electron chi connectivity index (χ0n) is 12.2. The summed E-state index contributed by atoms with van der Waals surface area (Å²) in [6.45, 7) is 4.32. The van der Waals surface area contributed by atoms with Gasteiger partial charge in [-0.15, -0.1) is 0 Å². The van der Waals surface area contributed by atoms with Crippen LogP contribution >= 0.6 is 0 Å². The van der Waals surface area contributed by atoms with Crippen molar-refractivity contribution < 1.29 is 9.53 Å². The van der Waals surface area contributed by atoms with Crippen LogP contribution in [0.25, 0.3) is 0 Å². The molecule has 1 amide bonds. The maximum atomic E-state index is 12.4. The van der Waals surface area contributed by atoms with Crippen LogP contribution in [0.3, 0.4) is 0 Å². The number of hydrogen-bond acceptors (Lipinski definition) is 3. The van der Waals surface area contributed by atoms with Gasteiger partial charge >= 0.3 is 0 Å². The summed E-state index contributed by atoms with van der Waals surface area (Å²) in [7, 11) is 0. The first-order valence-electron chi connectivity index (χ1n) is 7.34. The summed E-state index contributed by atoms with van der Waals surface area (Å²) in [6.07, 6.45) is 2.46.